The second kappa shape index (κ2) is 8.24. The van der Waals surface area contributed by atoms with Crippen LogP contribution in [-0.4, -0.2) is 29.8 Å². The average molecular weight is 328 g/mol. The summed E-state index contributed by atoms with van der Waals surface area (Å²) in [6.07, 6.45) is 0.678. The highest BCUT2D eigenvalue weighted by molar-refractivity contribution is 5.99. The molecule has 0 bridgehead atoms. The van der Waals surface area contributed by atoms with Crippen molar-refractivity contribution >= 4 is 17.5 Å². The van der Waals surface area contributed by atoms with Gasteiger partial charge in [0.25, 0.3) is 5.91 Å². The fraction of sp³-hybridized carbons (Fsp3) is 0.263. The molecule has 0 saturated carbocycles. The highest BCUT2D eigenvalue weighted by Gasteiger charge is 2.21. The van der Waals surface area contributed by atoms with Crippen molar-refractivity contribution < 1.29 is 14.0 Å². The lowest BCUT2D eigenvalue weighted by Gasteiger charge is -2.22. The predicted molar refractivity (Wildman–Crippen MR) is 92.4 cm³/mol. The number of hydrogen-bond donors (Lipinski definition) is 1. The molecular weight excluding hydrogens is 307 g/mol. The van der Waals surface area contributed by atoms with E-state index in [2.05, 4.69) is 5.32 Å². The van der Waals surface area contributed by atoms with Crippen LogP contribution in [0.3, 0.4) is 0 Å². The van der Waals surface area contributed by atoms with E-state index in [4.69, 9.17) is 0 Å². The van der Waals surface area contributed by atoms with Gasteiger partial charge < -0.3 is 10.2 Å². The molecule has 0 aliphatic rings. The lowest BCUT2D eigenvalue weighted by molar-refractivity contribution is -0.116. The van der Waals surface area contributed by atoms with Crippen LogP contribution < -0.4 is 5.32 Å². The monoisotopic (exact) mass is 328 g/mol. The molecule has 126 valence electrons. The summed E-state index contributed by atoms with van der Waals surface area (Å²) in [5.41, 5.74) is 1.63. The number of halogens is 1. The topological polar surface area (TPSA) is 49.4 Å². The molecule has 24 heavy (non-hydrogen) atoms. The van der Waals surface area contributed by atoms with Gasteiger partial charge in [-0.3, -0.25) is 9.59 Å². The number of rotatable bonds is 6. The molecule has 0 atom stereocenters. The number of aryl methyl sites for hydroxylation is 1. The molecule has 2 amide bonds. The largest absolute Gasteiger partial charge is 0.329 e. The number of hydrogen-bond acceptors (Lipinski definition) is 2. The predicted octanol–water partition coefficient (Wildman–Crippen LogP) is 3.63. The Morgan fingerprint density at radius 3 is 2.42 bits per heavy atom. The first kappa shape index (κ1) is 17.7. The molecule has 0 fully saturated rings. The van der Waals surface area contributed by atoms with Gasteiger partial charge in [0, 0.05) is 12.2 Å². The maximum atomic E-state index is 13.8. The minimum atomic E-state index is -0.581. The molecule has 0 spiro atoms. The number of nitrogens with one attached hydrogen (secondary N) is 1. The van der Waals surface area contributed by atoms with Gasteiger partial charge in [-0.2, -0.15) is 0 Å². The van der Waals surface area contributed by atoms with E-state index >= 15 is 0 Å². The smallest absolute Gasteiger partial charge is 0.257 e. The summed E-state index contributed by atoms with van der Waals surface area (Å²) in [5, 5.41) is 2.79. The molecule has 1 N–H and O–H groups in total. The van der Waals surface area contributed by atoms with Crippen LogP contribution in [0.5, 0.6) is 0 Å². The Morgan fingerprint density at radius 1 is 1.08 bits per heavy atom. The van der Waals surface area contributed by atoms with Crippen molar-refractivity contribution in [1.82, 2.24) is 4.90 Å². The molecule has 4 nitrogen and oxygen atoms in total. The Kier molecular flexibility index (Phi) is 6.07. The van der Waals surface area contributed by atoms with Crippen LogP contribution in [-0.2, 0) is 4.79 Å². The van der Waals surface area contributed by atoms with Crippen molar-refractivity contribution in [2.75, 3.05) is 18.4 Å². The molecule has 5 heteroatoms. The Hall–Kier alpha value is -2.69. The molecule has 0 unspecified atom stereocenters. The second-order valence-corrected chi connectivity index (χ2v) is 5.57. The lowest BCUT2D eigenvalue weighted by Crippen LogP contribution is -2.39. The second-order valence-electron chi connectivity index (χ2n) is 5.57. The van der Waals surface area contributed by atoms with Gasteiger partial charge in [-0.25, -0.2) is 4.39 Å². The van der Waals surface area contributed by atoms with E-state index in [1.54, 1.807) is 12.1 Å². The molecule has 0 heterocycles. The number of anilines is 1. The van der Waals surface area contributed by atoms with Crippen LogP contribution in [0.1, 0.15) is 29.3 Å². The number of carbonyl (C=O) groups excluding carboxylic acids is 2. The van der Waals surface area contributed by atoms with Crippen molar-refractivity contribution in [3.63, 3.8) is 0 Å². The van der Waals surface area contributed by atoms with Gasteiger partial charge in [0.2, 0.25) is 5.91 Å². The molecule has 0 aliphatic carbocycles. The molecule has 0 radical (unpaired) electrons. The summed E-state index contributed by atoms with van der Waals surface area (Å²) >= 11 is 0. The van der Waals surface area contributed by atoms with Gasteiger partial charge in [0.15, 0.2) is 0 Å². The van der Waals surface area contributed by atoms with E-state index < -0.39 is 11.7 Å². The van der Waals surface area contributed by atoms with E-state index in [-0.39, 0.29) is 18.0 Å². The maximum absolute atomic E-state index is 13.8. The van der Waals surface area contributed by atoms with E-state index in [0.717, 1.165) is 5.56 Å². The van der Waals surface area contributed by atoms with Crippen LogP contribution in [0.2, 0.25) is 0 Å². The number of nitrogens with zero attached hydrogens (tertiary/aromatic N) is 1. The maximum Gasteiger partial charge on any atom is 0.257 e. The van der Waals surface area contributed by atoms with Gasteiger partial charge in [-0.1, -0.05) is 37.3 Å². The lowest BCUT2D eigenvalue weighted by atomic mass is 10.1. The number of benzene rings is 2. The third-order valence-electron chi connectivity index (χ3n) is 3.64. The third-order valence-corrected chi connectivity index (χ3v) is 3.64. The number of para-hydroxylation sites is 1. The van der Waals surface area contributed by atoms with Gasteiger partial charge in [-0.05, 0) is 37.1 Å². The molecule has 2 aromatic carbocycles. The van der Waals surface area contributed by atoms with Gasteiger partial charge in [0.1, 0.15) is 12.4 Å². The Bertz CT molecular complexity index is 731. The Labute approximate surface area is 141 Å². The van der Waals surface area contributed by atoms with Crippen LogP contribution in [0.15, 0.2) is 48.5 Å². The summed E-state index contributed by atoms with van der Waals surface area (Å²) in [5.74, 6) is -1.36. The first-order valence-electron chi connectivity index (χ1n) is 7.92. The highest BCUT2D eigenvalue weighted by Crippen LogP contribution is 2.14. The van der Waals surface area contributed by atoms with Gasteiger partial charge in [-0.15, -0.1) is 0 Å². The summed E-state index contributed by atoms with van der Waals surface area (Å²) in [6, 6.07) is 13.2. The Morgan fingerprint density at radius 2 is 1.75 bits per heavy atom. The van der Waals surface area contributed by atoms with Gasteiger partial charge in [0.05, 0.1) is 5.56 Å². The number of amides is 2. The fourth-order valence-corrected chi connectivity index (χ4v) is 2.40. The van der Waals surface area contributed by atoms with E-state index in [1.165, 1.54) is 23.1 Å². The number of carbonyl (C=O) groups is 2. The Balaban J connectivity index is 2.10. The first-order chi connectivity index (χ1) is 11.5. The minimum Gasteiger partial charge on any atom is -0.329 e. The zero-order valence-corrected chi connectivity index (χ0v) is 13.9. The third kappa shape index (κ3) is 4.41. The van der Waals surface area contributed by atoms with Crippen molar-refractivity contribution in [3.8, 4) is 0 Å². The summed E-state index contributed by atoms with van der Waals surface area (Å²) in [7, 11) is 0. The van der Waals surface area contributed by atoms with Crippen molar-refractivity contribution in [3.05, 3.63) is 65.5 Å². The van der Waals surface area contributed by atoms with Crippen LogP contribution in [0, 0.1) is 12.7 Å². The quantitative estimate of drug-likeness (QED) is 0.880. The van der Waals surface area contributed by atoms with Crippen LogP contribution >= 0.6 is 0 Å². The molecule has 0 aliphatic heterocycles. The fourth-order valence-electron chi connectivity index (χ4n) is 2.40. The molecule has 2 aromatic rings. The normalized spacial score (nSPS) is 10.3. The SMILES string of the molecule is CCCN(CC(=O)Nc1ccccc1C)C(=O)c1ccccc1F. The minimum absolute atomic E-state index is 0.0189. The molecule has 0 aromatic heterocycles. The summed E-state index contributed by atoms with van der Waals surface area (Å²) in [4.78, 5) is 26.2. The van der Waals surface area contributed by atoms with E-state index in [9.17, 15) is 14.0 Å². The summed E-state index contributed by atoms with van der Waals surface area (Å²) in [6.45, 7) is 4.06. The van der Waals surface area contributed by atoms with Crippen molar-refractivity contribution in [1.29, 1.82) is 0 Å². The van der Waals surface area contributed by atoms with E-state index in [0.29, 0.717) is 18.7 Å². The van der Waals surface area contributed by atoms with Crippen molar-refractivity contribution in [2.24, 2.45) is 0 Å². The zero-order chi connectivity index (χ0) is 17.5. The van der Waals surface area contributed by atoms with Crippen LogP contribution in [0.25, 0.3) is 0 Å². The highest BCUT2D eigenvalue weighted by atomic mass is 19.1. The first-order valence-corrected chi connectivity index (χ1v) is 7.92. The molecular formula is C19H21FN2O2. The molecule has 0 saturated heterocycles. The summed E-state index contributed by atoms with van der Waals surface area (Å²) < 4.78 is 13.8. The van der Waals surface area contributed by atoms with Crippen molar-refractivity contribution in [2.45, 2.75) is 20.3 Å². The average Bonchev–Trinajstić information content (AvgIpc) is 2.56. The molecule has 2 rings (SSSR count). The van der Waals surface area contributed by atoms with E-state index in [1.807, 2.05) is 32.0 Å². The van der Waals surface area contributed by atoms with Gasteiger partial charge >= 0.3 is 0 Å². The standard InChI is InChI=1S/C19H21FN2O2/c1-3-12-22(19(24)15-9-5-6-10-16(15)20)13-18(23)21-17-11-7-4-8-14(17)2/h4-11H,3,12-13H2,1-2H3,(H,21,23). The van der Waals surface area contributed by atoms with Crippen LogP contribution in [0.4, 0.5) is 10.1 Å². The zero-order valence-electron chi connectivity index (χ0n) is 13.9.